The van der Waals surface area contributed by atoms with Crippen molar-refractivity contribution in [3.05, 3.63) is 10.7 Å². The fourth-order valence-electron chi connectivity index (χ4n) is 1.18. The van der Waals surface area contributed by atoms with Crippen LogP contribution in [-0.4, -0.2) is 15.5 Å². The summed E-state index contributed by atoms with van der Waals surface area (Å²) in [5.74, 6) is 1.05. The van der Waals surface area contributed by atoms with Crippen molar-refractivity contribution in [2.45, 2.75) is 39.2 Å². The lowest BCUT2D eigenvalue weighted by Gasteiger charge is -2.29. The zero-order chi connectivity index (χ0) is 11.5. The van der Waals surface area contributed by atoms with Gasteiger partial charge in [0.15, 0.2) is 0 Å². The molecule has 0 aliphatic carbocycles. The average Bonchev–Trinajstić information content (AvgIpc) is 2.23. The van der Waals surface area contributed by atoms with Crippen LogP contribution in [-0.2, 0) is 0 Å². The number of anilines is 2. The van der Waals surface area contributed by atoms with Crippen LogP contribution < -0.4 is 11.1 Å². The molecule has 4 nitrogen and oxygen atoms in total. The molecule has 3 N–H and O–H groups in total. The van der Waals surface area contributed by atoms with Gasteiger partial charge in [-0.05, 0) is 35.7 Å². The second-order valence-corrected chi connectivity index (χ2v) is 4.67. The summed E-state index contributed by atoms with van der Waals surface area (Å²) in [6.45, 7) is 6.46. The molecule has 1 aromatic heterocycles. The summed E-state index contributed by atoms with van der Waals surface area (Å²) < 4.78 is 0.838. The lowest BCUT2D eigenvalue weighted by molar-refractivity contribution is 0.476. The van der Waals surface area contributed by atoms with E-state index < -0.39 is 0 Å². The number of nitrogen functional groups attached to an aromatic ring is 1. The first-order valence-electron chi connectivity index (χ1n) is 5.07. The van der Waals surface area contributed by atoms with E-state index in [2.05, 4.69) is 52.0 Å². The van der Waals surface area contributed by atoms with E-state index in [1.54, 1.807) is 6.20 Å². The highest BCUT2D eigenvalue weighted by Gasteiger charge is 2.20. The summed E-state index contributed by atoms with van der Waals surface area (Å²) in [5, 5.41) is 3.39. The minimum Gasteiger partial charge on any atom is -0.368 e. The Morgan fingerprint density at radius 1 is 1.47 bits per heavy atom. The Kier molecular flexibility index (Phi) is 3.90. The van der Waals surface area contributed by atoms with Gasteiger partial charge >= 0.3 is 0 Å². The summed E-state index contributed by atoms with van der Waals surface area (Å²) >= 11 is 3.40. The fraction of sp³-hybridized carbons (Fsp3) is 0.600. The van der Waals surface area contributed by atoms with Crippen molar-refractivity contribution in [1.82, 2.24) is 9.97 Å². The van der Waals surface area contributed by atoms with E-state index in [9.17, 15) is 0 Å². The normalized spacial score (nSPS) is 11.5. The number of nitrogens with two attached hydrogens (primary N) is 1. The van der Waals surface area contributed by atoms with Gasteiger partial charge in [0.1, 0.15) is 5.82 Å². The topological polar surface area (TPSA) is 63.8 Å². The second kappa shape index (κ2) is 4.79. The highest BCUT2D eigenvalue weighted by molar-refractivity contribution is 9.10. The molecule has 0 aromatic carbocycles. The maximum atomic E-state index is 5.55. The Morgan fingerprint density at radius 2 is 2.07 bits per heavy atom. The molecule has 5 heteroatoms. The number of rotatable bonds is 4. The Morgan fingerprint density at radius 3 is 2.60 bits per heavy atom. The van der Waals surface area contributed by atoms with Gasteiger partial charge in [0.05, 0.1) is 4.47 Å². The summed E-state index contributed by atoms with van der Waals surface area (Å²) in [7, 11) is 0. The lowest BCUT2D eigenvalue weighted by atomic mass is 9.96. The largest absolute Gasteiger partial charge is 0.368 e. The third kappa shape index (κ3) is 3.06. The first kappa shape index (κ1) is 12.2. The molecular weight excluding hydrogens is 256 g/mol. The van der Waals surface area contributed by atoms with Crippen LogP contribution >= 0.6 is 15.9 Å². The van der Waals surface area contributed by atoms with Gasteiger partial charge < -0.3 is 11.1 Å². The van der Waals surface area contributed by atoms with E-state index in [1.807, 2.05) is 0 Å². The van der Waals surface area contributed by atoms with Crippen LogP contribution in [0, 0.1) is 0 Å². The van der Waals surface area contributed by atoms with Crippen LogP contribution in [0.1, 0.15) is 33.6 Å². The van der Waals surface area contributed by atoms with Crippen LogP contribution in [0.2, 0.25) is 0 Å². The molecule has 1 heterocycles. The number of nitrogens with one attached hydrogen (secondary N) is 1. The summed E-state index contributed by atoms with van der Waals surface area (Å²) in [5.41, 5.74) is 5.59. The zero-order valence-corrected chi connectivity index (χ0v) is 10.9. The number of hydrogen-bond donors (Lipinski definition) is 2. The third-order valence-corrected chi connectivity index (χ3v) is 3.32. The van der Waals surface area contributed by atoms with Crippen LogP contribution in [0.15, 0.2) is 10.7 Å². The molecule has 15 heavy (non-hydrogen) atoms. The molecule has 0 unspecified atom stereocenters. The van der Waals surface area contributed by atoms with Crippen LogP contribution in [0.25, 0.3) is 0 Å². The molecule has 0 atom stereocenters. The van der Waals surface area contributed by atoms with Gasteiger partial charge in [0, 0.05) is 11.7 Å². The fourth-order valence-corrected chi connectivity index (χ4v) is 1.47. The molecule has 0 spiro atoms. The van der Waals surface area contributed by atoms with Crippen molar-refractivity contribution in [3.8, 4) is 0 Å². The summed E-state index contributed by atoms with van der Waals surface area (Å²) in [6, 6.07) is 0. The predicted octanol–water partition coefficient (Wildman–Crippen LogP) is 2.81. The molecular formula is C10H17BrN4. The highest BCUT2D eigenvalue weighted by Crippen LogP contribution is 2.26. The van der Waals surface area contributed by atoms with Gasteiger partial charge in [-0.2, -0.15) is 4.98 Å². The van der Waals surface area contributed by atoms with E-state index in [0.29, 0.717) is 0 Å². The first-order chi connectivity index (χ1) is 7.00. The molecule has 1 rings (SSSR count). The van der Waals surface area contributed by atoms with Crippen LogP contribution in [0.4, 0.5) is 11.8 Å². The maximum Gasteiger partial charge on any atom is 0.221 e. The lowest BCUT2D eigenvalue weighted by Crippen LogP contribution is -2.33. The van der Waals surface area contributed by atoms with Crippen LogP contribution in [0.5, 0.6) is 0 Å². The minimum atomic E-state index is 0.0450. The van der Waals surface area contributed by atoms with Crippen molar-refractivity contribution >= 4 is 27.7 Å². The van der Waals surface area contributed by atoms with Crippen molar-refractivity contribution in [2.24, 2.45) is 0 Å². The van der Waals surface area contributed by atoms with Crippen molar-refractivity contribution in [1.29, 1.82) is 0 Å². The quantitative estimate of drug-likeness (QED) is 0.885. The van der Waals surface area contributed by atoms with Gasteiger partial charge in [-0.3, -0.25) is 0 Å². The Labute approximate surface area is 98.8 Å². The molecule has 0 saturated carbocycles. The Balaban J connectivity index is 2.92. The molecule has 0 fully saturated rings. The van der Waals surface area contributed by atoms with E-state index in [4.69, 9.17) is 5.73 Å². The summed E-state index contributed by atoms with van der Waals surface area (Å²) in [6.07, 6.45) is 3.72. The third-order valence-electron chi connectivity index (χ3n) is 2.74. The molecule has 1 aromatic rings. The monoisotopic (exact) mass is 272 g/mol. The molecule has 0 aliphatic rings. The van der Waals surface area contributed by atoms with Crippen molar-refractivity contribution in [2.75, 3.05) is 11.1 Å². The van der Waals surface area contributed by atoms with Gasteiger partial charge in [-0.15, -0.1) is 0 Å². The van der Waals surface area contributed by atoms with Gasteiger partial charge in [0.2, 0.25) is 5.95 Å². The average molecular weight is 273 g/mol. The Bertz CT molecular complexity index is 336. The second-order valence-electron chi connectivity index (χ2n) is 3.82. The zero-order valence-electron chi connectivity index (χ0n) is 9.34. The van der Waals surface area contributed by atoms with E-state index >= 15 is 0 Å². The van der Waals surface area contributed by atoms with Crippen LogP contribution in [0.3, 0.4) is 0 Å². The minimum absolute atomic E-state index is 0.0450. The van der Waals surface area contributed by atoms with E-state index in [1.165, 1.54) is 0 Å². The molecule has 0 aliphatic heterocycles. The molecule has 0 saturated heterocycles. The maximum absolute atomic E-state index is 5.55. The summed E-state index contributed by atoms with van der Waals surface area (Å²) in [4.78, 5) is 8.06. The number of hydrogen-bond acceptors (Lipinski definition) is 4. The SMILES string of the molecule is CCC(C)(CC)Nc1nc(N)ncc1Br. The number of halogens is 1. The van der Waals surface area contributed by atoms with Crippen molar-refractivity contribution in [3.63, 3.8) is 0 Å². The molecule has 0 amide bonds. The van der Waals surface area contributed by atoms with Gasteiger partial charge in [0.25, 0.3) is 0 Å². The van der Waals surface area contributed by atoms with Gasteiger partial charge in [-0.1, -0.05) is 13.8 Å². The highest BCUT2D eigenvalue weighted by atomic mass is 79.9. The van der Waals surface area contributed by atoms with Crippen molar-refractivity contribution < 1.29 is 0 Å². The molecule has 0 bridgehead atoms. The predicted molar refractivity (Wildman–Crippen MR) is 66.8 cm³/mol. The van der Waals surface area contributed by atoms with E-state index in [0.717, 1.165) is 23.1 Å². The molecule has 0 radical (unpaired) electrons. The van der Waals surface area contributed by atoms with Gasteiger partial charge in [-0.25, -0.2) is 4.98 Å². The standard InChI is InChI=1S/C10H17BrN4/c1-4-10(3,5-2)15-8-7(11)6-13-9(12)14-8/h6H,4-5H2,1-3H3,(H3,12,13,14,15). The molecule has 84 valence electrons. The smallest absolute Gasteiger partial charge is 0.221 e. The Hall–Kier alpha value is -0.840. The number of aromatic nitrogens is 2. The number of nitrogens with zero attached hydrogens (tertiary/aromatic N) is 2. The van der Waals surface area contributed by atoms with E-state index in [-0.39, 0.29) is 11.5 Å². The first-order valence-corrected chi connectivity index (χ1v) is 5.86.